The maximum absolute atomic E-state index is 12.7. The molecule has 22 heavy (non-hydrogen) atoms. The molecule has 0 unspecified atom stereocenters. The second kappa shape index (κ2) is 5.89. The highest BCUT2D eigenvalue weighted by molar-refractivity contribution is 6.10. The second-order valence-electron chi connectivity index (χ2n) is 5.08. The van der Waals surface area contributed by atoms with Crippen LogP contribution >= 0.6 is 0 Å². The van der Waals surface area contributed by atoms with Crippen molar-refractivity contribution in [3.63, 3.8) is 0 Å². The summed E-state index contributed by atoms with van der Waals surface area (Å²) in [5.41, 5.74) is 8.03. The first-order chi connectivity index (χ1) is 10.7. The second-order valence-corrected chi connectivity index (χ2v) is 5.08. The van der Waals surface area contributed by atoms with Gasteiger partial charge in [-0.1, -0.05) is 6.92 Å². The number of amides is 1. The number of benzene rings is 1. The number of nitrogens with two attached hydrogens (primary N) is 1. The smallest absolute Gasteiger partial charge is 0.294 e. The van der Waals surface area contributed by atoms with E-state index in [2.05, 4.69) is 4.98 Å². The van der Waals surface area contributed by atoms with Crippen molar-refractivity contribution in [2.45, 2.75) is 13.3 Å². The Labute approximate surface area is 129 Å². The minimum Gasteiger partial charge on any atom is -0.449 e. The van der Waals surface area contributed by atoms with Crippen molar-refractivity contribution < 1.29 is 9.53 Å². The molecule has 1 aliphatic heterocycles. The quantitative estimate of drug-likeness (QED) is 0.698. The Morgan fingerprint density at radius 3 is 2.77 bits per heavy atom. The molecule has 0 bridgehead atoms. The molecule has 0 atom stereocenters. The maximum Gasteiger partial charge on any atom is 0.294 e. The van der Waals surface area contributed by atoms with Crippen LogP contribution in [0.1, 0.15) is 18.9 Å². The monoisotopic (exact) mass is 295 g/mol. The van der Waals surface area contributed by atoms with Crippen LogP contribution < -0.4 is 15.4 Å². The molecule has 5 nitrogen and oxygen atoms in total. The molecule has 2 heterocycles. The average molecular weight is 295 g/mol. The van der Waals surface area contributed by atoms with E-state index >= 15 is 0 Å². The van der Waals surface area contributed by atoms with Crippen LogP contribution in [0, 0.1) is 0 Å². The highest BCUT2D eigenvalue weighted by Crippen LogP contribution is 2.37. The van der Waals surface area contributed by atoms with Gasteiger partial charge in [0.1, 0.15) is 0 Å². The van der Waals surface area contributed by atoms with Gasteiger partial charge >= 0.3 is 0 Å². The third-order valence-electron chi connectivity index (χ3n) is 3.40. The highest BCUT2D eigenvalue weighted by atomic mass is 16.5. The molecular formula is C17H17N3O2. The lowest BCUT2D eigenvalue weighted by Gasteiger charge is -2.30. The molecular weight excluding hydrogens is 278 g/mol. The Balaban J connectivity index is 2.04. The van der Waals surface area contributed by atoms with Crippen LogP contribution in [0.4, 0.5) is 11.4 Å². The molecule has 1 aromatic heterocycles. The number of carbonyl (C=O) groups is 1. The lowest BCUT2D eigenvalue weighted by molar-refractivity contribution is -0.117. The summed E-state index contributed by atoms with van der Waals surface area (Å²) in [5, 5.41) is 0. The van der Waals surface area contributed by atoms with Gasteiger partial charge in [0.15, 0.2) is 11.5 Å². The van der Waals surface area contributed by atoms with Crippen LogP contribution in [0.15, 0.2) is 48.5 Å². The minimum absolute atomic E-state index is 0.156. The van der Waals surface area contributed by atoms with Crippen molar-refractivity contribution in [2.75, 3.05) is 17.2 Å². The standard InChI is InChI=1S/C17H17N3O2/c1-2-9-20-14-11-13(18)3-4-15(14)22-16(17(20)21)10-12-5-7-19-8-6-12/h3-8,10-11H,2,9,18H2,1H3/b16-10+. The Bertz CT molecular complexity index is 726. The van der Waals surface area contributed by atoms with Crippen LogP contribution in [0.2, 0.25) is 0 Å². The van der Waals surface area contributed by atoms with E-state index in [1.807, 2.05) is 19.1 Å². The molecule has 1 amide bonds. The Kier molecular flexibility index (Phi) is 3.78. The number of carbonyl (C=O) groups excluding carboxylic acids is 1. The van der Waals surface area contributed by atoms with Gasteiger partial charge in [-0.3, -0.25) is 9.78 Å². The van der Waals surface area contributed by atoms with Crippen molar-refractivity contribution in [1.82, 2.24) is 4.98 Å². The van der Waals surface area contributed by atoms with Crippen LogP contribution in [-0.4, -0.2) is 17.4 Å². The summed E-state index contributed by atoms with van der Waals surface area (Å²) in [7, 11) is 0. The molecule has 0 spiro atoms. The molecule has 3 rings (SSSR count). The van der Waals surface area contributed by atoms with Crippen LogP contribution in [-0.2, 0) is 4.79 Å². The first-order valence-electron chi connectivity index (χ1n) is 7.20. The van der Waals surface area contributed by atoms with Gasteiger partial charge in [0.05, 0.1) is 5.69 Å². The molecule has 2 aromatic rings. The summed E-state index contributed by atoms with van der Waals surface area (Å²) in [6, 6.07) is 8.98. The summed E-state index contributed by atoms with van der Waals surface area (Å²) >= 11 is 0. The zero-order valence-electron chi connectivity index (χ0n) is 12.3. The predicted molar refractivity (Wildman–Crippen MR) is 86.3 cm³/mol. The van der Waals surface area contributed by atoms with E-state index in [1.54, 1.807) is 41.6 Å². The largest absolute Gasteiger partial charge is 0.449 e. The van der Waals surface area contributed by atoms with Crippen LogP contribution in [0.25, 0.3) is 6.08 Å². The summed E-state index contributed by atoms with van der Waals surface area (Å²) < 4.78 is 5.77. The van der Waals surface area contributed by atoms with E-state index in [0.717, 1.165) is 17.7 Å². The number of aromatic nitrogens is 1. The fourth-order valence-corrected chi connectivity index (χ4v) is 2.38. The number of nitrogens with zero attached hydrogens (tertiary/aromatic N) is 2. The lowest BCUT2D eigenvalue weighted by atomic mass is 10.1. The van der Waals surface area contributed by atoms with Gasteiger partial charge < -0.3 is 15.4 Å². The Morgan fingerprint density at radius 1 is 1.27 bits per heavy atom. The minimum atomic E-state index is -0.156. The fourth-order valence-electron chi connectivity index (χ4n) is 2.38. The number of nitrogen functional groups attached to an aromatic ring is 1. The molecule has 5 heteroatoms. The molecule has 0 fully saturated rings. The first kappa shape index (κ1) is 14.1. The van der Waals surface area contributed by atoms with Crippen LogP contribution in [0.5, 0.6) is 5.75 Å². The van der Waals surface area contributed by atoms with Gasteiger partial charge in [-0.25, -0.2) is 0 Å². The fraction of sp³-hybridized carbons (Fsp3) is 0.176. The van der Waals surface area contributed by atoms with Gasteiger partial charge in [-0.05, 0) is 48.4 Å². The highest BCUT2D eigenvalue weighted by Gasteiger charge is 2.29. The number of hydrogen-bond acceptors (Lipinski definition) is 4. The zero-order chi connectivity index (χ0) is 15.5. The van der Waals surface area contributed by atoms with Gasteiger partial charge in [0.25, 0.3) is 5.91 Å². The third kappa shape index (κ3) is 2.65. The van der Waals surface area contributed by atoms with E-state index in [0.29, 0.717) is 23.7 Å². The number of hydrogen-bond donors (Lipinski definition) is 1. The van der Waals surface area contributed by atoms with E-state index in [-0.39, 0.29) is 5.91 Å². The van der Waals surface area contributed by atoms with E-state index in [9.17, 15) is 4.79 Å². The normalized spacial score (nSPS) is 15.6. The van der Waals surface area contributed by atoms with Crippen LogP contribution in [0.3, 0.4) is 0 Å². The van der Waals surface area contributed by atoms with Crippen molar-refractivity contribution in [3.05, 3.63) is 54.0 Å². The summed E-state index contributed by atoms with van der Waals surface area (Å²) in [5.74, 6) is 0.788. The molecule has 1 aromatic carbocycles. The number of pyridine rings is 1. The molecule has 1 aliphatic rings. The summed E-state index contributed by atoms with van der Waals surface area (Å²) in [4.78, 5) is 18.3. The molecule has 112 valence electrons. The Hall–Kier alpha value is -2.82. The van der Waals surface area contributed by atoms with Crippen molar-refractivity contribution in [2.24, 2.45) is 0 Å². The van der Waals surface area contributed by atoms with E-state index < -0.39 is 0 Å². The summed E-state index contributed by atoms with van der Waals surface area (Å²) in [6.07, 6.45) is 5.94. The van der Waals surface area contributed by atoms with Gasteiger partial charge in [-0.15, -0.1) is 0 Å². The molecule has 0 saturated carbocycles. The first-order valence-corrected chi connectivity index (χ1v) is 7.20. The predicted octanol–water partition coefficient (Wildman–Crippen LogP) is 2.84. The Morgan fingerprint density at radius 2 is 2.05 bits per heavy atom. The molecule has 0 radical (unpaired) electrons. The number of fused-ring (bicyclic) bond motifs is 1. The summed E-state index contributed by atoms with van der Waals surface area (Å²) in [6.45, 7) is 2.65. The number of anilines is 2. The topological polar surface area (TPSA) is 68.5 Å². The van der Waals surface area contributed by atoms with E-state index in [1.165, 1.54) is 0 Å². The average Bonchev–Trinajstić information content (AvgIpc) is 2.53. The van der Waals surface area contributed by atoms with E-state index in [4.69, 9.17) is 10.5 Å². The zero-order valence-corrected chi connectivity index (χ0v) is 12.3. The third-order valence-corrected chi connectivity index (χ3v) is 3.40. The lowest BCUT2D eigenvalue weighted by Crippen LogP contribution is -2.37. The van der Waals surface area contributed by atoms with Gasteiger partial charge in [0.2, 0.25) is 0 Å². The van der Waals surface area contributed by atoms with Gasteiger partial charge in [0, 0.05) is 24.6 Å². The maximum atomic E-state index is 12.7. The molecule has 2 N–H and O–H groups in total. The molecule has 0 aliphatic carbocycles. The van der Waals surface area contributed by atoms with Crippen molar-refractivity contribution in [3.8, 4) is 5.75 Å². The van der Waals surface area contributed by atoms with Crippen molar-refractivity contribution in [1.29, 1.82) is 0 Å². The SMILES string of the molecule is CCCN1C(=O)/C(=C\c2ccncc2)Oc2ccc(N)cc21. The number of rotatable bonds is 3. The molecule has 0 saturated heterocycles. The van der Waals surface area contributed by atoms with Gasteiger partial charge in [-0.2, -0.15) is 0 Å². The van der Waals surface area contributed by atoms with Crippen molar-refractivity contribution >= 4 is 23.4 Å². The number of ether oxygens (including phenoxy) is 1.